The van der Waals surface area contributed by atoms with Gasteiger partial charge in [0.2, 0.25) is 0 Å². The lowest BCUT2D eigenvalue weighted by atomic mass is 10.1. The van der Waals surface area contributed by atoms with E-state index >= 15 is 4.39 Å². The number of nitrogens with zero attached hydrogens (tertiary/aromatic N) is 4. The number of nitrogen functional groups attached to an aromatic ring is 1. The lowest BCUT2D eigenvalue weighted by molar-refractivity contribution is 0.246. The number of hydrogen-bond acceptors (Lipinski definition) is 6. The summed E-state index contributed by atoms with van der Waals surface area (Å²) in [5.41, 5.74) is 9.46. The molecule has 0 amide bonds. The minimum absolute atomic E-state index is 0.185. The Morgan fingerprint density at radius 3 is 2.57 bits per heavy atom. The molecule has 0 saturated carbocycles. The van der Waals surface area contributed by atoms with E-state index in [-0.39, 0.29) is 17.1 Å². The van der Waals surface area contributed by atoms with Gasteiger partial charge in [0.15, 0.2) is 5.69 Å². The van der Waals surface area contributed by atoms with Crippen LogP contribution in [0.4, 0.5) is 15.9 Å². The van der Waals surface area contributed by atoms with Gasteiger partial charge in [-0.3, -0.25) is 9.69 Å². The maximum atomic E-state index is 15.1. The molecule has 0 atom stereocenters. The fourth-order valence-electron chi connectivity index (χ4n) is 4.70. The predicted molar refractivity (Wildman–Crippen MR) is 136 cm³/mol. The molecule has 0 radical (unpaired) electrons. The molecule has 1 aliphatic heterocycles. The number of H-pyrrole nitrogens is 2. The van der Waals surface area contributed by atoms with Crippen molar-refractivity contribution in [1.29, 1.82) is 0 Å². The molecule has 0 spiro atoms. The van der Waals surface area contributed by atoms with Crippen molar-refractivity contribution in [2.24, 2.45) is 0 Å². The second-order valence-electron chi connectivity index (χ2n) is 8.79. The molecule has 1 aliphatic rings. The van der Waals surface area contributed by atoms with Crippen LogP contribution in [0, 0.1) is 5.82 Å². The monoisotopic (exact) mass is 469 g/mol. The lowest BCUT2D eigenvalue weighted by Gasteiger charge is -2.35. The number of halogens is 1. The summed E-state index contributed by atoms with van der Waals surface area (Å²) in [5, 5.41) is 0.679. The Bertz CT molecular complexity index is 1590. The fraction of sp³-hybridized carbons (Fsp3) is 0.192. The average molecular weight is 470 g/mol. The number of pyridine rings is 1. The van der Waals surface area contributed by atoms with Crippen molar-refractivity contribution in [3.05, 3.63) is 82.5 Å². The van der Waals surface area contributed by atoms with Gasteiger partial charge in [0, 0.05) is 49.9 Å². The second-order valence-corrected chi connectivity index (χ2v) is 8.79. The number of fused-ring (bicyclic) bond motifs is 2. The van der Waals surface area contributed by atoms with Gasteiger partial charge >= 0.3 is 0 Å². The summed E-state index contributed by atoms with van der Waals surface area (Å²) in [6.45, 7) is 3.74. The van der Waals surface area contributed by atoms with Crippen LogP contribution >= 0.6 is 0 Å². The van der Waals surface area contributed by atoms with Crippen molar-refractivity contribution in [2.75, 3.05) is 36.8 Å². The van der Waals surface area contributed by atoms with Crippen molar-refractivity contribution in [2.45, 2.75) is 6.54 Å². The van der Waals surface area contributed by atoms with Crippen LogP contribution in [0.1, 0.15) is 5.56 Å². The highest BCUT2D eigenvalue weighted by atomic mass is 19.1. The van der Waals surface area contributed by atoms with E-state index in [4.69, 9.17) is 5.73 Å². The smallest absolute Gasteiger partial charge is 0.276 e. The first-order chi connectivity index (χ1) is 17.1. The summed E-state index contributed by atoms with van der Waals surface area (Å²) < 4.78 is 15.1. The van der Waals surface area contributed by atoms with Gasteiger partial charge in [-0.25, -0.2) is 14.4 Å². The molecule has 4 heterocycles. The van der Waals surface area contributed by atoms with Crippen LogP contribution in [0.2, 0.25) is 0 Å². The largest absolute Gasteiger partial charge is 0.396 e. The molecule has 0 aliphatic carbocycles. The molecule has 4 N–H and O–H groups in total. The van der Waals surface area contributed by atoms with Crippen molar-refractivity contribution in [1.82, 2.24) is 24.8 Å². The Morgan fingerprint density at radius 1 is 0.971 bits per heavy atom. The summed E-state index contributed by atoms with van der Waals surface area (Å²) in [7, 11) is 0. The first kappa shape index (κ1) is 21.3. The van der Waals surface area contributed by atoms with E-state index in [1.165, 1.54) is 6.07 Å². The van der Waals surface area contributed by atoms with Gasteiger partial charge in [-0.05, 0) is 36.4 Å². The predicted octanol–water partition coefficient (Wildman–Crippen LogP) is 3.51. The SMILES string of the molecule is Nc1c(-c2nc3ccccc3[nH]c2=O)[nH]c2cc(F)c(CN3CCN(c4ccccn4)CC3)cc12. The van der Waals surface area contributed by atoms with E-state index in [1.807, 2.05) is 36.4 Å². The number of nitrogens with one attached hydrogen (secondary N) is 2. The third-order valence-corrected chi connectivity index (χ3v) is 6.58. The minimum atomic E-state index is -0.353. The van der Waals surface area contributed by atoms with Gasteiger partial charge in [-0.1, -0.05) is 18.2 Å². The zero-order valence-corrected chi connectivity index (χ0v) is 19.0. The van der Waals surface area contributed by atoms with Crippen molar-refractivity contribution in [3.8, 4) is 11.4 Å². The highest BCUT2D eigenvalue weighted by Crippen LogP contribution is 2.33. The first-order valence-corrected chi connectivity index (χ1v) is 11.5. The Morgan fingerprint density at radius 2 is 1.77 bits per heavy atom. The van der Waals surface area contributed by atoms with E-state index in [1.54, 1.807) is 18.3 Å². The average Bonchev–Trinajstić information content (AvgIpc) is 3.19. The molecular formula is C26H24FN7O. The Balaban J connectivity index is 1.28. The molecule has 1 fully saturated rings. The van der Waals surface area contributed by atoms with Crippen LogP contribution in [-0.2, 0) is 6.54 Å². The van der Waals surface area contributed by atoms with Gasteiger partial charge in [0.05, 0.1) is 27.9 Å². The summed E-state index contributed by atoms with van der Waals surface area (Å²) in [6.07, 6.45) is 1.79. The molecule has 9 heteroatoms. The number of rotatable bonds is 4. The van der Waals surface area contributed by atoms with Crippen LogP contribution in [0.25, 0.3) is 33.3 Å². The van der Waals surface area contributed by atoms with E-state index in [0.717, 1.165) is 32.0 Å². The number of anilines is 2. The Kier molecular flexibility index (Phi) is 5.18. The number of benzene rings is 2. The van der Waals surface area contributed by atoms with E-state index < -0.39 is 0 Å². The molecule has 176 valence electrons. The highest BCUT2D eigenvalue weighted by Gasteiger charge is 2.21. The third-order valence-electron chi connectivity index (χ3n) is 6.58. The van der Waals surface area contributed by atoms with Crippen molar-refractivity contribution in [3.63, 3.8) is 0 Å². The standard InChI is InChI=1S/C26H24FN7O/c27-18-14-21-17(13-16(18)15-33-9-11-34(12-10-33)22-7-3-4-8-29-22)23(28)24(31-21)25-26(35)32-20-6-2-1-5-19(20)30-25/h1-8,13-14,31H,9-12,15,28H2,(H,32,35). The summed E-state index contributed by atoms with van der Waals surface area (Å²) in [6, 6.07) is 16.4. The molecule has 1 saturated heterocycles. The molecule has 6 rings (SSSR count). The number of nitrogens with two attached hydrogens (primary N) is 1. The molecule has 3 aromatic heterocycles. The molecule has 8 nitrogen and oxygen atoms in total. The summed E-state index contributed by atoms with van der Waals surface area (Å²) in [4.78, 5) is 32.0. The van der Waals surface area contributed by atoms with Crippen LogP contribution in [-0.4, -0.2) is 51.0 Å². The normalized spacial score (nSPS) is 14.7. The van der Waals surface area contributed by atoms with Gasteiger partial charge < -0.3 is 20.6 Å². The summed E-state index contributed by atoms with van der Waals surface area (Å²) >= 11 is 0. The quantitative estimate of drug-likeness (QED) is 0.372. The number of aromatic amines is 2. The maximum absolute atomic E-state index is 15.1. The number of aromatic nitrogens is 4. The molecule has 0 bridgehead atoms. The van der Waals surface area contributed by atoms with Crippen molar-refractivity contribution >= 4 is 33.4 Å². The lowest BCUT2D eigenvalue weighted by Crippen LogP contribution is -2.46. The maximum Gasteiger partial charge on any atom is 0.276 e. The zero-order valence-electron chi connectivity index (χ0n) is 19.0. The van der Waals surface area contributed by atoms with Crippen molar-refractivity contribution < 1.29 is 4.39 Å². The van der Waals surface area contributed by atoms with Gasteiger partial charge in [-0.2, -0.15) is 0 Å². The van der Waals surface area contributed by atoms with Gasteiger partial charge in [-0.15, -0.1) is 0 Å². The molecule has 0 unspecified atom stereocenters. The van der Waals surface area contributed by atoms with E-state index in [2.05, 4.69) is 29.7 Å². The Labute approximate surface area is 200 Å². The second kappa shape index (κ2) is 8.52. The van der Waals surface area contributed by atoms with E-state index in [0.29, 0.717) is 45.4 Å². The first-order valence-electron chi connectivity index (χ1n) is 11.5. The van der Waals surface area contributed by atoms with Crippen LogP contribution in [0.5, 0.6) is 0 Å². The van der Waals surface area contributed by atoms with Gasteiger partial charge in [0.25, 0.3) is 5.56 Å². The number of hydrogen-bond donors (Lipinski definition) is 3. The van der Waals surface area contributed by atoms with Crippen LogP contribution < -0.4 is 16.2 Å². The Hall–Kier alpha value is -4.24. The number of para-hydroxylation sites is 2. The molecule has 5 aromatic rings. The molecule has 35 heavy (non-hydrogen) atoms. The summed E-state index contributed by atoms with van der Waals surface area (Å²) in [5.74, 6) is 0.655. The highest BCUT2D eigenvalue weighted by molar-refractivity contribution is 6.00. The molecule has 2 aromatic carbocycles. The van der Waals surface area contributed by atoms with Crippen LogP contribution in [0.3, 0.4) is 0 Å². The zero-order chi connectivity index (χ0) is 23.9. The van der Waals surface area contributed by atoms with E-state index in [9.17, 15) is 4.79 Å². The third kappa shape index (κ3) is 3.89. The topological polar surface area (TPSA) is 107 Å². The minimum Gasteiger partial charge on any atom is -0.396 e. The fourth-order valence-corrected chi connectivity index (χ4v) is 4.70. The van der Waals surface area contributed by atoms with Gasteiger partial charge in [0.1, 0.15) is 11.6 Å². The number of piperazine rings is 1. The van der Waals surface area contributed by atoms with Crippen LogP contribution in [0.15, 0.2) is 65.6 Å². The molecular weight excluding hydrogens is 445 g/mol.